The van der Waals surface area contributed by atoms with Crippen molar-refractivity contribution in [1.29, 1.82) is 0 Å². The first-order valence-corrected chi connectivity index (χ1v) is 7.45. The van der Waals surface area contributed by atoms with Crippen LogP contribution in [0.4, 0.5) is 0 Å². The molecule has 0 amide bonds. The van der Waals surface area contributed by atoms with Crippen LogP contribution in [0.1, 0.15) is 29.9 Å². The van der Waals surface area contributed by atoms with Gasteiger partial charge in [-0.05, 0) is 37.1 Å². The summed E-state index contributed by atoms with van der Waals surface area (Å²) in [4.78, 5) is 4.79. The van der Waals surface area contributed by atoms with Crippen molar-refractivity contribution in [1.82, 2.24) is 9.55 Å². The average Bonchev–Trinajstić information content (AvgIpc) is 2.84. The summed E-state index contributed by atoms with van der Waals surface area (Å²) in [6, 6.07) is 16.6. The van der Waals surface area contributed by atoms with Crippen molar-refractivity contribution in [2.24, 2.45) is 5.73 Å². The van der Waals surface area contributed by atoms with Crippen LogP contribution >= 0.6 is 0 Å². The zero-order chi connectivity index (χ0) is 14.8. The van der Waals surface area contributed by atoms with Crippen molar-refractivity contribution in [3.8, 4) is 0 Å². The number of hydrogen-bond acceptors (Lipinski definition) is 2. The first-order chi connectivity index (χ1) is 10.2. The van der Waals surface area contributed by atoms with Crippen molar-refractivity contribution in [2.75, 3.05) is 0 Å². The summed E-state index contributed by atoms with van der Waals surface area (Å²) in [7, 11) is 0. The average molecular weight is 279 g/mol. The highest BCUT2D eigenvalue weighted by Gasteiger charge is 2.14. The number of imidazole rings is 1. The molecule has 1 unspecified atom stereocenters. The Hall–Kier alpha value is -2.13. The SMILES string of the molecule is CCn1c(CC(N)c2ccccc2)nc2cc(C)ccc21. The molecule has 3 heteroatoms. The minimum Gasteiger partial charge on any atom is -0.328 e. The van der Waals surface area contributed by atoms with Crippen LogP contribution in [0, 0.1) is 6.92 Å². The third-order valence-electron chi connectivity index (χ3n) is 3.93. The summed E-state index contributed by atoms with van der Waals surface area (Å²) in [5.41, 5.74) is 11.0. The van der Waals surface area contributed by atoms with Crippen LogP contribution in [0.3, 0.4) is 0 Å². The molecule has 2 aromatic carbocycles. The standard InChI is InChI=1S/C18H21N3/c1-3-21-17-10-9-13(2)11-16(17)20-18(21)12-15(19)14-7-5-4-6-8-14/h4-11,15H,3,12,19H2,1-2H3. The molecule has 0 aliphatic carbocycles. The maximum atomic E-state index is 6.35. The van der Waals surface area contributed by atoms with Crippen LogP contribution in [-0.2, 0) is 13.0 Å². The first-order valence-electron chi connectivity index (χ1n) is 7.45. The Morgan fingerprint density at radius 1 is 1.14 bits per heavy atom. The van der Waals surface area contributed by atoms with Gasteiger partial charge in [-0.3, -0.25) is 0 Å². The lowest BCUT2D eigenvalue weighted by molar-refractivity contribution is 0.637. The molecular weight excluding hydrogens is 258 g/mol. The Balaban J connectivity index is 1.96. The predicted molar refractivity (Wildman–Crippen MR) is 87.2 cm³/mol. The van der Waals surface area contributed by atoms with Crippen molar-refractivity contribution in [3.05, 3.63) is 65.5 Å². The Labute approximate surface area is 125 Å². The lowest BCUT2D eigenvalue weighted by Crippen LogP contribution is -2.16. The quantitative estimate of drug-likeness (QED) is 0.793. The molecule has 0 saturated heterocycles. The third kappa shape index (κ3) is 2.69. The molecule has 0 saturated carbocycles. The van der Waals surface area contributed by atoms with E-state index in [0.717, 1.165) is 29.9 Å². The molecule has 1 aromatic heterocycles. The number of benzene rings is 2. The Kier molecular flexibility index (Phi) is 3.76. The number of nitrogens with zero attached hydrogens (tertiary/aromatic N) is 2. The van der Waals surface area contributed by atoms with E-state index in [1.54, 1.807) is 0 Å². The number of fused-ring (bicyclic) bond motifs is 1. The molecule has 0 bridgehead atoms. The molecule has 2 N–H and O–H groups in total. The van der Waals surface area contributed by atoms with E-state index in [9.17, 15) is 0 Å². The van der Waals surface area contributed by atoms with E-state index in [-0.39, 0.29) is 6.04 Å². The van der Waals surface area contributed by atoms with Gasteiger partial charge in [-0.15, -0.1) is 0 Å². The molecule has 1 atom stereocenters. The lowest BCUT2D eigenvalue weighted by atomic mass is 10.0. The number of rotatable bonds is 4. The van der Waals surface area contributed by atoms with Gasteiger partial charge in [0.2, 0.25) is 0 Å². The molecular formula is C18H21N3. The smallest absolute Gasteiger partial charge is 0.111 e. The van der Waals surface area contributed by atoms with Gasteiger partial charge in [0.1, 0.15) is 5.82 Å². The molecule has 0 aliphatic heterocycles. The van der Waals surface area contributed by atoms with Gasteiger partial charge in [-0.25, -0.2) is 4.98 Å². The fourth-order valence-corrected chi connectivity index (χ4v) is 2.81. The molecule has 0 spiro atoms. The van der Waals surface area contributed by atoms with Crippen LogP contribution in [-0.4, -0.2) is 9.55 Å². The second kappa shape index (κ2) is 5.70. The van der Waals surface area contributed by atoms with Gasteiger partial charge in [0.25, 0.3) is 0 Å². The highest BCUT2D eigenvalue weighted by Crippen LogP contribution is 2.21. The van der Waals surface area contributed by atoms with Crippen LogP contribution in [0.15, 0.2) is 48.5 Å². The van der Waals surface area contributed by atoms with Crippen molar-refractivity contribution in [3.63, 3.8) is 0 Å². The highest BCUT2D eigenvalue weighted by molar-refractivity contribution is 5.76. The van der Waals surface area contributed by atoms with E-state index in [1.165, 1.54) is 11.1 Å². The lowest BCUT2D eigenvalue weighted by Gasteiger charge is -2.13. The second-order valence-corrected chi connectivity index (χ2v) is 5.49. The van der Waals surface area contributed by atoms with Crippen LogP contribution in [0.2, 0.25) is 0 Å². The monoisotopic (exact) mass is 279 g/mol. The summed E-state index contributed by atoms with van der Waals surface area (Å²) < 4.78 is 2.26. The molecule has 1 heterocycles. The topological polar surface area (TPSA) is 43.8 Å². The third-order valence-corrected chi connectivity index (χ3v) is 3.93. The number of aromatic nitrogens is 2. The van der Waals surface area contributed by atoms with Gasteiger partial charge in [-0.2, -0.15) is 0 Å². The normalized spacial score (nSPS) is 12.7. The van der Waals surface area contributed by atoms with E-state index in [0.29, 0.717) is 0 Å². The second-order valence-electron chi connectivity index (χ2n) is 5.49. The highest BCUT2D eigenvalue weighted by atomic mass is 15.1. The fourth-order valence-electron chi connectivity index (χ4n) is 2.81. The maximum Gasteiger partial charge on any atom is 0.111 e. The Bertz CT molecular complexity index is 744. The minimum absolute atomic E-state index is 0.0191. The maximum absolute atomic E-state index is 6.35. The van der Waals surface area contributed by atoms with E-state index in [4.69, 9.17) is 10.7 Å². The van der Waals surface area contributed by atoms with Crippen molar-refractivity contribution >= 4 is 11.0 Å². The largest absolute Gasteiger partial charge is 0.328 e. The Morgan fingerprint density at radius 3 is 2.62 bits per heavy atom. The summed E-state index contributed by atoms with van der Waals surface area (Å²) in [5, 5.41) is 0. The van der Waals surface area contributed by atoms with E-state index < -0.39 is 0 Å². The molecule has 0 fully saturated rings. The van der Waals surface area contributed by atoms with Crippen molar-refractivity contribution < 1.29 is 0 Å². The van der Waals surface area contributed by atoms with E-state index >= 15 is 0 Å². The zero-order valence-corrected chi connectivity index (χ0v) is 12.6. The molecule has 108 valence electrons. The summed E-state index contributed by atoms with van der Waals surface area (Å²) in [6.07, 6.45) is 0.756. The number of aryl methyl sites for hydroxylation is 2. The zero-order valence-electron chi connectivity index (χ0n) is 12.6. The molecule has 0 radical (unpaired) electrons. The van der Waals surface area contributed by atoms with Gasteiger partial charge < -0.3 is 10.3 Å². The minimum atomic E-state index is -0.0191. The van der Waals surface area contributed by atoms with Gasteiger partial charge >= 0.3 is 0 Å². The molecule has 3 aromatic rings. The van der Waals surface area contributed by atoms with Crippen LogP contribution < -0.4 is 5.73 Å². The van der Waals surface area contributed by atoms with Gasteiger partial charge in [0, 0.05) is 19.0 Å². The van der Waals surface area contributed by atoms with Crippen molar-refractivity contribution in [2.45, 2.75) is 32.9 Å². The summed E-state index contributed by atoms with van der Waals surface area (Å²) in [5.74, 6) is 1.06. The van der Waals surface area contributed by atoms with Crippen LogP contribution in [0.25, 0.3) is 11.0 Å². The van der Waals surface area contributed by atoms with E-state index in [2.05, 4.69) is 48.7 Å². The Morgan fingerprint density at radius 2 is 1.90 bits per heavy atom. The van der Waals surface area contributed by atoms with Gasteiger partial charge in [0.05, 0.1) is 11.0 Å². The van der Waals surface area contributed by atoms with Crippen LogP contribution in [0.5, 0.6) is 0 Å². The first kappa shape index (κ1) is 13.8. The summed E-state index contributed by atoms with van der Waals surface area (Å²) in [6.45, 7) is 5.16. The van der Waals surface area contributed by atoms with Gasteiger partial charge in [-0.1, -0.05) is 36.4 Å². The molecule has 0 aliphatic rings. The number of hydrogen-bond donors (Lipinski definition) is 1. The number of nitrogens with two attached hydrogens (primary N) is 1. The predicted octanol–water partition coefficient (Wildman–Crippen LogP) is 3.61. The summed E-state index contributed by atoms with van der Waals surface area (Å²) >= 11 is 0. The fraction of sp³-hybridized carbons (Fsp3) is 0.278. The van der Waals surface area contributed by atoms with Gasteiger partial charge in [0.15, 0.2) is 0 Å². The van der Waals surface area contributed by atoms with E-state index in [1.807, 2.05) is 18.2 Å². The molecule has 3 nitrogen and oxygen atoms in total. The molecule has 3 rings (SSSR count). The molecule has 21 heavy (non-hydrogen) atoms.